The first-order valence-electron chi connectivity index (χ1n) is 9.73. The van der Waals surface area contributed by atoms with Crippen molar-refractivity contribution < 1.29 is 14.3 Å². The summed E-state index contributed by atoms with van der Waals surface area (Å²) in [6.07, 6.45) is 1.78. The number of methoxy groups -OCH3 is 1. The molecule has 1 fully saturated rings. The summed E-state index contributed by atoms with van der Waals surface area (Å²) in [5.74, 6) is -0.504. The van der Waals surface area contributed by atoms with Gasteiger partial charge in [0.1, 0.15) is 16.8 Å². The second kappa shape index (κ2) is 5.14. The van der Waals surface area contributed by atoms with Gasteiger partial charge in [0.05, 0.1) is 24.4 Å². The number of hydrogen-bond acceptors (Lipinski definition) is 5. The molecule has 0 aliphatic carbocycles. The highest BCUT2D eigenvalue weighted by Gasteiger charge is 2.60. The van der Waals surface area contributed by atoms with Gasteiger partial charge in [0.15, 0.2) is 0 Å². The lowest BCUT2D eigenvalue weighted by atomic mass is 9.65. The van der Waals surface area contributed by atoms with Gasteiger partial charge >= 0.3 is 0 Å². The van der Waals surface area contributed by atoms with Gasteiger partial charge in [-0.05, 0) is 36.2 Å². The third-order valence-corrected chi connectivity index (χ3v) is 7.02. The number of hydrogen-bond donors (Lipinski definition) is 1. The first kappa shape index (κ1) is 16.5. The van der Waals surface area contributed by atoms with Crippen LogP contribution in [0.5, 0.6) is 5.75 Å². The van der Waals surface area contributed by atoms with Gasteiger partial charge in [-0.3, -0.25) is 19.9 Å². The largest absolute Gasteiger partial charge is 0.494 e. The normalized spacial score (nSPS) is 26.2. The zero-order valence-corrected chi connectivity index (χ0v) is 16.3. The standard InChI is InChI=1S/C23H19N3O3/c1-11-17-14-10-16(29-3)19-18-13(8-9-24-19)12-6-4-5-7-15(12)26(20(14)18)23(11,2)22(28)25-21(17)27/h4-11,17H,1-3H3,(H,25,27,28)/t11?,17-,23-/m1/s1. The number of carbonyl (C=O) groups excluding carboxylic acids is 2. The van der Waals surface area contributed by atoms with Gasteiger partial charge in [-0.2, -0.15) is 0 Å². The minimum absolute atomic E-state index is 0.204. The van der Waals surface area contributed by atoms with Crippen molar-refractivity contribution >= 4 is 34.1 Å². The molecule has 0 saturated carbocycles. The Morgan fingerprint density at radius 2 is 1.97 bits per heavy atom. The molecule has 29 heavy (non-hydrogen) atoms. The van der Waals surface area contributed by atoms with Gasteiger partial charge in [-0.15, -0.1) is 0 Å². The molecule has 1 N–H and O–H groups in total. The number of anilines is 2. The SMILES string of the molecule is COc1cc2c3c4c(ccnc14)-c1ccccc1N3[C@@]1(C)C(=O)NC(=O)[C@@H]2C1C. The van der Waals surface area contributed by atoms with E-state index in [4.69, 9.17) is 4.74 Å². The monoisotopic (exact) mass is 385 g/mol. The molecular weight excluding hydrogens is 366 g/mol. The molecule has 3 aromatic rings. The van der Waals surface area contributed by atoms with Crippen LogP contribution in [-0.2, 0) is 9.59 Å². The van der Waals surface area contributed by atoms with Crippen LogP contribution in [0.4, 0.5) is 11.4 Å². The molecular formula is C23H19N3O3. The molecule has 4 heterocycles. The molecule has 1 aromatic heterocycles. The van der Waals surface area contributed by atoms with Gasteiger partial charge in [0.25, 0.3) is 5.91 Å². The van der Waals surface area contributed by atoms with Crippen molar-refractivity contribution in [1.29, 1.82) is 0 Å². The highest BCUT2D eigenvalue weighted by Crippen LogP contribution is 2.60. The van der Waals surface area contributed by atoms with Crippen LogP contribution >= 0.6 is 0 Å². The third-order valence-electron chi connectivity index (χ3n) is 7.02. The first-order chi connectivity index (χ1) is 14.0. The number of imide groups is 1. The minimum atomic E-state index is -0.892. The zero-order valence-electron chi connectivity index (χ0n) is 16.3. The Balaban J connectivity index is 1.88. The highest BCUT2D eigenvalue weighted by atomic mass is 16.5. The fourth-order valence-corrected chi connectivity index (χ4v) is 5.46. The van der Waals surface area contributed by atoms with E-state index in [1.807, 2.05) is 44.2 Å². The molecule has 0 radical (unpaired) electrons. The maximum absolute atomic E-state index is 13.2. The van der Waals surface area contributed by atoms with Crippen LogP contribution in [-0.4, -0.2) is 29.4 Å². The average Bonchev–Trinajstić information content (AvgIpc) is 2.73. The summed E-state index contributed by atoms with van der Waals surface area (Å²) in [7, 11) is 1.62. The molecule has 3 atom stereocenters. The highest BCUT2D eigenvalue weighted by molar-refractivity contribution is 6.19. The predicted molar refractivity (Wildman–Crippen MR) is 109 cm³/mol. The number of carbonyl (C=O) groups is 2. The number of amides is 2. The lowest BCUT2D eigenvalue weighted by Gasteiger charge is -2.56. The second-order valence-corrected chi connectivity index (χ2v) is 8.18. The Labute approximate surface area is 167 Å². The summed E-state index contributed by atoms with van der Waals surface area (Å²) in [6, 6.07) is 12.0. The van der Waals surface area contributed by atoms with E-state index >= 15 is 0 Å². The second-order valence-electron chi connectivity index (χ2n) is 8.18. The van der Waals surface area contributed by atoms with Crippen LogP contribution in [0.25, 0.3) is 22.0 Å². The first-order valence-corrected chi connectivity index (χ1v) is 9.73. The molecule has 2 aromatic carbocycles. The molecule has 2 bridgehead atoms. The number of aromatic nitrogens is 1. The van der Waals surface area contributed by atoms with Crippen molar-refractivity contribution in [1.82, 2.24) is 10.3 Å². The Bertz CT molecular complexity index is 1270. The van der Waals surface area contributed by atoms with E-state index in [0.29, 0.717) is 5.75 Å². The molecule has 1 saturated heterocycles. The van der Waals surface area contributed by atoms with Crippen molar-refractivity contribution in [3.05, 3.63) is 48.2 Å². The Hall–Kier alpha value is -3.41. The van der Waals surface area contributed by atoms with Gasteiger partial charge in [-0.25, -0.2) is 0 Å². The molecule has 2 amide bonds. The molecule has 6 nitrogen and oxygen atoms in total. The summed E-state index contributed by atoms with van der Waals surface area (Å²) in [5, 5.41) is 3.55. The Morgan fingerprint density at radius 1 is 1.17 bits per heavy atom. The molecule has 3 aliphatic heterocycles. The predicted octanol–water partition coefficient (Wildman–Crippen LogP) is 3.51. The van der Waals surface area contributed by atoms with Gasteiger partial charge in [-0.1, -0.05) is 25.1 Å². The number of para-hydroxylation sites is 1. The number of fused-ring (bicyclic) bond motifs is 7. The fourth-order valence-electron chi connectivity index (χ4n) is 5.46. The van der Waals surface area contributed by atoms with E-state index in [2.05, 4.69) is 21.3 Å². The van der Waals surface area contributed by atoms with Crippen LogP contribution < -0.4 is 15.0 Å². The maximum Gasteiger partial charge on any atom is 0.252 e. The molecule has 6 rings (SSSR count). The molecule has 1 unspecified atom stereocenters. The maximum atomic E-state index is 13.2. The van der Waals surface area contributed by atoms with Crippen molar-refractivity contribution in [3.63, 3.8) is 0 Å². The molecule has 6 heteroatoms. The topological polar surface area (TPSA) is 71.5 Å². The van der Waals surface area contributed by atoms with E-state index in [-0.39, 0.29) is 17.7 Å². The lowest BCUT2D eigenvalue weighted by Crippen LogP contribution is -2.69. The van der Waals surface area contributed by atoms with E-state index in [1.165, 1.54) is 0 Å². The number of pyridine rings is 1. The summed E-state index contributed by atoms with van der Waals surface area (Å²) >= 11 is 0. The van der Waals surface area contributed by atoms with Crippen molar-refractivity contribution in [2.75, 3.05) is 12.0 Å². The van der Waals surface area contributed by atoms with Crippen molar-refractivity contribution in [2.45, 2.75) is 25.3 Å². The Kier molecular flexibility index (Phi) is 2.93. The van der Waals surface area contributed by atoms with E-state index in [9.17, 15) is 9.59 Å². The fraction of sp³-hybridized carbons (Fsp3) is 0.261. The van der Waals surface area contributed by atoms with Crippen LogP contribution in [0.15, 0.2) is 42.6 Å². The van der Waals surface area contributed by atoms with Crippen LogP contribution in [0.1, 0.15) is 25.3 Å². The van der Waals surface area contributed by atoms with E-state index < -0.39 is 11.5 Å². The number of nitrogens with zero attached hydrogens (tertiary/aromatic N) is 2. The van der Waals surface area contributed by atoms with Crippen LogP contribution in [0.2, 0.25) is 0 Å². The summed E-state index contributed by atoms with van der Waals surface area (Å²) in [6.45, 7) is 3.92. The molecule has 3 aliphatic rings. The van der Waals surface area contributed by atoms with E-state index in [0.717, 1.165) is 39.0 Å². The third kappa shape index (κ3) is 1.71. The van der Waals surface area contributed by atoms with Gasteiger partial charge < -0.3 is 9.64 Å². The van der Waals surface area contributed by atoms with Crippen LogP contribution in [0, 0.1) is 5.92 Å². The van der Waals surface area contributed by atoms with Crippen LogP contribution in [0.3, 0.4) is 0 Å². The summed E-state index contributed by atoms with van der Waals surface area (Å²) in [4.78, 5) is 32.8. The van der Waals surface area contributed by atoms with Gasteiger partial charge in [0, 0.05) is 23.1 Å². The number of rotatable bonds is 1. The minimum Gasteiger partial charge on any atom is -0.494 e. The number of nitrogens with one attached hydrogen (secondary N) is 1. The van der Waals surface area contributed by atoms with Gasteiger partial charge in [0.2, 0.25) is 5.91 Å². The molecule has 0 spiro atoms. The summed E-state index contributed by atoms with van der Waals surface area (Å²) in [5.41, 5.74) is 4.69. The number of ether oxygens (including phenoxy) is 1. The number of benzene rings is 2. The Morgan fingerprint density at radius 3 is 2.76 bits per heavy atom. The van der Waals surface area contributed by atoms with E-state index in [1.54, 1.807) is 13.3 Å². The van der Waals surface area contributed by atoms with Crippen molar-refractivity contribution in [3.8, 4) is 16.9 Å². The smallest absolute Gasteiger partial charge is 0.252 e. The summed E-state index contributed by atoms with van der Waals surface area (Å²) < 4.78 is 5.67. The number of piperidine rings is 1. The average molecular weight is 385 g/mol. The lowest BCUT2D eigenvalue weighted by molar-refractivity contribution is -0.141. The zero-order chi connectivity index (χ0) is 20.1. The van der Waals surface area contributed by atoms with Crippen molar-refractivity contribution in [2.24, 2.45) is 5.92 Å². The molecule has 144 valence electrons. The quantitative estimate of drug-likeness (QED) is 0.649.